The lowest BCUT2D eigenvalue weighted by molar-refractivity contribution is -0.135. The number of hydrogen-bond acceptors (Lipinski definition) is 1. The fraction of sp³-hybridized carbons (Fsp3) is 0.929. The number of likely N-dealkylation sites (tertiary alicyclic amines) is 1. The molecule has 1 saturated carbocycles. The van der Waals surface area contributed by atoms with Gasteiger partial charge in [-0.15, -0.1) is 0 Å². The Morgan fingerprint density at radius 2 is 1.82 bits per heavy atom. The molecule has 1 unspecified atom stereocenters. The van der Waals surface area contributed by atoms with E-state index in [2.05, 4.69) is 20.8 Å². The van der Waals surface area contributed by atoms with Crippen LogP contribution in [0.1, 0.15) is 51.4 Å². The molecular formula is C14H24BrNO. The summed E-state index contributed by atoms with van der Waals surface area (Å²) in [6.45, 7) is 2.02. The molecule has 17 heavy (non-hydrogen) atoms. The molecule has 2 aliphatic rings. The topological polar surface area (TPSA) is 20.3 Å². The van der Waals surface area contributed by atoms with Gasteiger partial charge in [0, 0.05) is 24.3 Å². The zero-order valence-corrected chi connectivity index (χ0v) is 12.3. The molecule has 0 bridgehead atoms. The zero-order valence-electron chi connectivity index (χ0n) is 10.7. The third-order valence-electron chi connectivity index (χ3n) is 4.32. The van der Waals surface area contributed by atoms with Crippen molar-refractivity contribution in [3.8, 4) is 0 Å². The Hall–Kier alpha value is -0.0500. The van der Waals surface area contributed by atoms with Crippen molar-refractivity contribution in [3.05, 3.63) is 0 Å². The molecule has 2 rings (SSSR count). The van der Waals surface area contributed by atoms with Gasteiger partial charge in [-0.25, -0.2) is 0 Å². The fourth-order valence-electron chi connectivity index (χ4n) is 3.21. The van der Waals surface area contributed by atoms with E-state index in [1.165, 1.54) is 38.5 Å². The van der Waals surface area contributed by atoms with Crippen molar-refractivity contribution in [1.82, 2.24) is 4.90 Å². The van der Waals surface area contributed by atoms with Gasteiger partial charge in [-0.1, -0.05) is 41.6 Å². The summed E-state index contributed by atoms with van der Waals surface area (Å²) in [4.78, 5) is 14.6. The summed E-state index contributed by atoms with van der Waals surface area (Å²) in [5.74, 6) is 1.55. The van der Waals surface area contributed by atoms with Crippen molar-refractivity contribution in [2.24, 2.45) is 11.8 Å². The van der Waals surface area contributed by atoms with E-state index < -0.39 is 0 Å². The normalized spacial score (nSPS) is 27.1. The van der Waals surface area contributed by atoms with E-state index in [9.17, 15) is 4.79 Å². The van der Waals surface area contributed by atoms with Gasteiger partial charge >= 0.3 is 0 Å². The van der Waals surface area contributed by atoms with Gasteiger partial charge in [0.1, 0.15) is 0 Å². The molecule has 0 N–H and O–H groups in total. The number of hydrogen-bond donors (Lipinski definition) is 0. The Bertz CT molecular complexity index is 249. The molecule has 98 valence electrons. The molecule has 0 radical (unpaired) electrons. The lowest BCUT2D eigenvalue weighted by atomic mass is 9.99. The number of rotatable bonds is 3. The van der Waals surface area contributed by atoms with Gasteiger partial charge in [0.15, 0.2) is 0 Å². The second kappa shape index (κ2) is 6.77. The Kier molecular flexibility index (Phi) is 5.33. The quantitative estimate of drug-likeness (QED) is 0.576. The molecule has 0 aromatic heterocycles. The third-order valence-corrected chi connectivity index (χ3v) is 4.78. The van der Waals surface area contributed by atoms with Crippen LogP contribution >= 0.6 is 15.9 Å². The predicted molar refractivity (Wildman–Crippen MR) is 74.3 cm³/mol. The van der Waals surface area contributed by atoms with Gasteiger partial charge < -0.3 is 4.90 Å². The third kappa shape index (κ3) is 3.70. The number of amides is 1. The van der Waals surface area contributed by atoms with E-state index in [4.69, 9.17) is 0 Å². The van der Waals surface area contributed by atoms with Crippen molar-refractivity contribution in [2.45, 2.75) is 51.4 Å². The predicted octanol–water partition coefficient (Wildman–Crippen LogP) is 3.59. The maximum atomic E-state index is 12.4. The van der Waals surface area contributed by atoms with E-state index in [1.807, 2.05) is 0 Å². The molecule has 1 aliphatic carbocycles. The van der Waals surface area contributed by atoms with Crippen LogP contribution in [-0.2, 0) is 4.79 Å². The molecule has 1 atom stereocenters. The first kappa shape index (κ1) is 13.4. The van der Waals surface area contributed by atoms with Crippen LogP contribution in [0.5, 0.6) is 0 Å². The SMILES string of the molecule is O=C(C1CCCCCC1)N1CCC(CCBr)C1. The van der Waals surface area contributed by atoms with Gasteiger partial charge in [0.2, 0.25) is 5.91 Å². The molecule has 1 aliphatic heterocycles. The number of carbonyl (C=O) groups is 1. The van der Waals surface area contributed by atoms with Crippen LogP contribution in [0.2, 0.25) is 0 Å². The van der Waals surface area contributed by atoms with Crippen molar-refractivity contribution < 1.29 is 4.79 Å². The molecule has 2 nitrogen and oxygen atoms in total. The van der Waals surface area contributed by atoms with Crippen LogP contribution in [0.3, 0.4) is 0 Å². The molecule has 3 heteroatoms. The summed E-state index contributed by atoms with van der Waals surface area (Å²) in [6, 6.07) is 0. The zero-order chi connectivity index (χ0) is 12.1. The summed E-state index contributed by atoms with van der Waals surface area (Å²) in [6.07, 6.45) is 9.88. The van der Waals surface area contributed by atoms with E-state index in [0.29, 0.717) is 11.8 Å². The smallest absolute Gasteiger partial charge is 0.225 e. The minimum Gasteiger partial charge on any atom is -0.342 e. The maximum Gasteiger partial charge on any atom is 0.225 e. The molecular weight excluding hydrogens is 278 g/mol. The van der Waals surface area contributed by atoms with Crippen LogP contribution in [0.25, 0.3) is 0 Å². The van der Waals surface area contributed by atoms with Crippen molar-refractivity contribution >= 4 is 21.8 Å². The first-order valence-electron chi connectivity index (χ1n) is 7.16. The number of halogens is 1. The average Bonchev–Trinajstić information content (AvgIpc) is 2.64. The highest BCUT2D eigenvalue weighted by Gasteiger charge is 2.30. The Morgan fingerprint density at radius 1 is 1.12 bits per heavy atom. The second-order valence-electron chi connectivity index (χ2n) is 5.61. The van der Waals surface area contributed by atoms with Crippen molar-refractivity contribution in [3.63, 3.8) is 0 Å². The summed E-state index contributed by atoms with van der Waals surface area (Å²) in [5.41, 5.74) is 0. The highest BCUT2D eigenvalue weighted by molar-refractivity contribution is 9.09. The Balaban J connectivity index is 1.83. The van der Waals surface area contributed by atoms with Gasteiger partial charge in [0.25, 0.3) is 0 Å². The molecule has 0 aromatic carbocycles. The van der Waals surface area contributed by atoms with E-state index in [1.54, 1.807) is 0 Å². The number of carbonyl (C=O) groups excluding carboxylic acids is 1. The van der Waals surface area contributed by atoms with Crippen LogP contribution < -0.4 is 0 Å². The lowest BCUT2D eigenvalue weighted by Gasteiger charge is -2.22. The van der Waals surface area contributed by atoms with Gasteiger partial charge in [-0.3, -0.25) is 4.79 Å². The minimum atomic E-state index is 0.347. The summed E-state index contributed by atoms with van der Waals surface area (Å²) in [7, 11) is 0. The second-order valence-corrected chi connectivity index (χ2v) is 6.40. The first-order chi connectivity index (χ1) is 8.31. The molecule has 1 heterocycles. The number of alkyl halides is 1. The van der Waals surface area contributed by atoms with Crippen molar-refractivity contribution in [2.75, 3.05) is 18.4 Å². The highest BCUT2D eigenvalue weighted by atomic mass is 79.9. The summed E-state index contributed by atoms with van der Waals surface area (Å²) >= 11 is 3.50. The van der Waals surface area contributed by atoms with Crippen LogP contribution in [-0.4, -0.2) is 29.2 Å². The van der Waals surface area contributed by atoms with Gasteiger partial charge in [-0.05, 0) is 31.6 Å². The molecule has 0 aromatic rings. The largest absolute Gasteiger partial charge is 0.342 e. The van der Waals surface area contributed by atoms with E-state index in [-0.39, 0.29) is 0 Å². The van der Waals surface area contributed by atoms with Crippen LogP contribution in [0.15, 0.2) is 0 Å². The van der Waals surface area contributed by atoms with Crippen LogP contribution in [0, 0.1) is 11.8 Å². The minimum absolute atomic E-state index is 0.347. The highest BCUT2D eigenvalue weighted by Crippen LogP contribution is 2.28. The Morgan fingerprint density at radius 3 is 2.47 bits per heavy atom. The average molecular weight is 302 g/mol. The van der Waals surface area contributed by atoms with E-state index >= 15 is 0 Å². The van der Waals surface area contributed by atoms with Gasteiger partial charge in [0.05, 0.1) is 0 Å². The van der Waals surface area contributed by atoms with Crippen LogP contribution in [0.4, 0.5) is 0 Å². The molecule has 2 fully saturated rings. The number of nitrogens with zero attached hydrogens (tertiary/aromatic N) is 1. The molecule has 0 spiro atoms. The van der Waals surface area contributed by atoms with Gasteiger partial charge in [-0.2, -0.15) is 0 Å². The Labute approximate surface area is 113 Å². The van der Waals surface area contributed by atoms with E-state index in [0.717, 1.165) is 37.2 Å². The van der Waals surface area contributed by atoms with Crippen molar-refractivity contribution in [1.29, 1.82) is 0 Å². The fourth-order valence-corrected chi connectivity index (χ4v) is 3.85. The molecule has 1 saturated heterocycles. The first-order valence-corrected chi connectivity index (χ1v) is 8.28. The summed E-state index contributed by atoms with van der Waals surface area (Å²) < 4.78 is 0. The monoisotopic (exact) mass is 301 g/mol. The lowest BCUT2D eigenvalue weighted by Crippen LogP contribution is -2.34. The standard InChI is InChI=1S/C14H24BrNO/c15-9-7-12-8-10-16(11-12)14(17)13-5-3-1-2-4-6-13/h12-13H,1-11H2. The molecule has 1 amide bonds. The maximum absolute atomic E-state index is 12.4. The summed E-state index contributed by atoms with van der Waals surface area (Å²) in [5, 5.41) is 1.07.